The SMILES string of the molecule is COc1cc(C[C@@H](CCC(=O)O)[C@@H](Cc2cc(O)c(O)c(OC)c2)C(=O)O)cc(O)c1O. The van der Waals surface area contributed by atoms with Crippen LogP contribution < -0.4 is 9.47 Å². The minimum atomic E-state index is -1.18. The molecule has 2 aromatic carbocycles. The Morgan fingerprint density at radius 1 is 0.812 bits per heavy atom. The second kappa shape index (κ2) is 10.5. The zero-order chi connectivity index (χ0) is 24.0. The van der Waals surface area contributed by atoms with E-state index in [1.54, 1.807) is 0 Å². The molecule has 0 saturated carbocycles. The first kappa shape index (κ1) is 24.4. The minimum Gasteiger partial charge on any atom is -0.504 e. The van der Waals surface area contributed by atoms with Crippen molar-refractivity contribution in [2.75, 3.05) is 14.2 Å². The highest BCUT2D eigenvalue weighted by molar-refractivity contribution is 5.71. The molecule has 32 heavy (non-hydrogen) atoms. The van der Waals surface area contributed by atoms with Crippen molar-refractivity contribution < 1.29 is 49.7 Å². The molecule has 2 atom stereocenters. The molecule has 0 radical (unpaired) electrons. The van der Waals surface area contributed by atoms with Crippen molar-refractivity contribution in [1.29, 1.82) is 0 Å². The van der Waals surface area contributed by atoms with E-state index in [1.165, 1.54) is 38.5 Å². The zero-order valence-corrected chi connectivity index (χ0v) is 17.6. The fraction of sp³-hybridized carbons (Fsp3) is 0.364. The second-order valence-electron chi connectivity index (χ2n) is 7.38. The van der Waals surface area contributed by atoms with Crippen LogP contribution in [0.5, 0.6) is 34.5 Å². The highest BCUT2D eigenvalue weighted by Gasteiger charge is 2.30. The Bertz CT molecular complexity index is 985. The van der Waals surface area contributed by atoms with Crippen LogP contribution in [0.4, 0.5) is 0 Å². The van der Waals surface area contributed by atoms with Crippen LogP contribution in [0.1, 0.15) is 24.0 Å². The quantitative estimate of drug-likeness (QED) is 0.279. The number of aromatic hydroxyl groups is 4. The molecule has 0 aliphatic carbocycles. The Morgan fingerprint density at radius 3 is 1.69 bits per heavy atom. The van der Waals surface area contributed by atoms with E-state index in [9.17, 15) is 35.1 Å². The topological polar surface area (TPSA) is 174 Å². The van der Waals surface area contributed by atoms with Gasteiger partial charge in [-0.05, 0) is 60.6 Å². The fourth-order valence-corrected chi connectivity index (χ4v) is 3.61. The first-order chi connectivity index (χ1) is 15.1. The van der Waals surface area contributed by atoms with Crippen molar-refractivity contribution >= 4 is 11.9 Å². The number of methoxy groups -OCH3 is 2. The van der Waals surface area contributed by atoms with Crippen molar-refractivity contribution in [2.24, 2.45) is 11.8 Å². The van der Waals surface area contributed by atoms with Crippen molar-refractivity contribution in [1.82, 2.24) is 0 Å². The molecule has 0 bridgehead atoms. The van der Waals surface area contributed by atoms with Crippen LogP contribution in [0.2, 0.25) is 0 Å². The number of benzene rings is 2. The van der Waals surface area contributed by atoms with Crippen LogP contribution in [0.3, 0.4) is 0 Å². The van der Waals surface area contributed by atoms with Crippen LogP contribution in [0.25, 0.3) is 0 Å². The molecule has 2 rings (SSSR count). The molecule has 174 valence electrons. The van der Waals surface area contributed by atoms with Gasteiger partial charge in [0.05, 0.1) is 20.1 Å². The summed E-state index contributed by atoms with van der Waals surface area (Å²) in [7, 11) is 2.58. The number of carbonyl (C=O) groups is 2. The standard InChI is InChI=1S/C22H26O10/c1-31-17-9-11(7-15(23)20(17)27)5-13(3-4-19(25)26)14(22(29)30)6-12-8-16(24)21(28)18(10-12)32-2/h7-10,13-14,23-24,27-28H,3-6H2,1-2H3,(H,25,26)(H,29,30)/t13-,14-/m1/s1. The zero-order valence-electron chi connectivity index (χ0n) is 17.6. The number of hydrogen-bond donors (Lipinski definition) is 6. The summed E-state index contributed by atoms with van der Waals surface area (Å²) in [5, 5.41) is 58.5. The van der Waals surface area contributed by atoms with E-state index in [0.29, 0.717) is 11.1 Å². The lowest BCUT2D eigenvalue weighted by Crippen LogP contribution is -2.28. The third-order valence-corrected chi connectivity index (χ3v) is 5.24. The van der Waals surface area contributed by atoms with Gasteiger partial charge in [0.1, 0.15) is 0 Å². The van der Waals surface area contributed by atoms with Crippen molar-refractivity contribution in [3.05, 3.63) is 35.4 Å². The Balaban J connectivity index is 2.41. The lowest BCUT2D eigenvalue weighted by atomic mass is 9.80. The molecule has 0 spiro atoms. The number of phenolic OH excluding ortho intramolecular Hbond substituents is 4. The van der Waals surface area contributed by atoms with E-state index < -0.39 is 46.8 Å². The number of aliphatic carboxylic acids is 2. The number of phenols is 4. The molecular formula is C22H26O10. The fourth-order valence-electron chi connectivity index (χ4n) is 3.61. The molecule has 2 aromatic rings. The number of ether oxygens (including phenoxy) is 2. The largest absolute Gasteiger partial charge is 0.504 e. The molecule has 0 saturated heterocycles. The number of hydrogen-bond acceptors (Lipinski definition) is 8. The summed E-state index contributed by atoms with van der Waals surface area (Å²) < 4.78 is 10.0. The van der Waals surface area contributed by atoms with Crippen LogP contribution in [0.15, 0.2) is 24.3 Å². The molecule has 0 amide bonds. The van der Waals surface area contributed by atoms with Gasteiger partial charge in [0.2, 0.25) is 11.5 Å². The Morgan fingerprint density at radius 2 is 1.28 bits per heavy atom. The Hall–Kier alpha value is -3.82. The lowest BCUT2D eigenvalue weighted by molar-refractivity contribution is -0.145. The predicted octanol–water partition coefficient (Wildman–Crippen LogP) is 2.49. The van der Waals surface area contributed by atoms with Gasteiger partial charge in [-0.2, -0.15) is 0 Å². The molecule has 0 unspecified atom stereocenters. The van der Waals surface area contributed by atoms with E-state index in [1.807, 2.05) is 0 Å². The second-order valence-corrected chi connectivity index (χ2v) is 7.38. The monoisotopic (exact) mass is 450 g/mol. The summed E-state index contributed by atoms with van der Waals surface area (Å²) in [4.78, 5) is 23.3. The summed E-state index contributed by atoms with van der Waals surface area (Å²) in [6.07, 6.45) is -0.252. The summed E-state index contributed by atoms with van der Waals surface area (Å²) in [5.74, 6) is -5.90. The highest BCUT2D eigenvalue weighted by Crippen LogP contribution is 2.40. The van der Waals surface area contributed by atoms with E-state index >= 15 is 0 Å². The summed E-state index contributed by atoms with van der Waals surface area (Å²) >= 11 is 0. The highest BCUT2D eigenvalue weighted by atomic mass is 16.5. The third-order valence-electron chi connectivity index (χ3n) is 5.24. The van der Waals surface area contributed by atoms with Crippen molar-refractivity contribution in [3.63, 3.8) is 0 Å². The van der Waals surface area contributed by atoms with Crippen molar-refractivity contribution in [2.45, 2.75) is 25.7 Å². The van der Waals surface area contributed by atoms with Gasteiger partial charge in [-0.25, -0.2) is 0 Å². The van der Waals surface area contributed by atoms with Crippen molar-refractivity contribution in [3.8, 4) is 34.5 Å². The van der Waals surface area contributed by atoms with Gasteiger partial charge in [0, 0.05) is 6.42 Å². The maximum absolute atomic E-state index is 12.1. The molecule has 10 nitrogen and oxygen atoms in total. The molecule has 0 aliphatic rings. The van der Waals surface area contributed by atoms with Gasteiger partial charge < -0.3 is 40.1 Å². The van der Waals surface area contributed by atoms with E-state index in [4.69, 9.17) is 14.6 Å². The van der Waals surface area contributed by atoms with E-state index in [-0.39, 0.29) is 37.2 Å². The molecule has 0 aromatic heterocycles. The van der Waals surface area contributed by atoms with Gasteiger partial charge in [-0.3, -0.25) is 9.59 Å². The molecular weight excluding hydrogens is 424 g/mol. The minimum absolute atomic E-state index is 0.00273. The molecule has 0 aliphatic heterocycles. The van der Waals surface area contributed by atoms with E-state index in [0.717, 1.165) is 0 Å². The normalized spacial score (nSPS) is 12.7. The lowest BCUT2D eigenvalue weighted by Gasteiger charge is -2.25. The number of rotatable bonds is 11. The maximum Gasteiger partial charge on any atom is 0.307 e. The molecule has 0 fully saturated rings. The first-order valence-electron chi connectivity index (χ1n) is 9.69. The Kier molecular flexibility index (Phi) is 8.00. The Labute approximate surface area is 183 Å². The molecule has 6 N–H and O–H groups in total. The average molecular weight is 450 g/mol. The summed E-state index contributed by atoms with van der Waals surface area (Å²) in [5.41, 5.74) is 0.820. The average Bonchev–Trinajstić information content (AvgIpc) is 2.73. The first-order valence-corrected chi connectivity index (χ1v) is 9.69. The van der Waals surface area contributed by atoms with Gasteiger partial charge in [0.25, 0.3) is 0 Å². The van der Waals surface area contributed by atoms with Crippen LogP contribution >= 0.6 is 0 Å². The molecule has 10 heteroatoms. The van der Waals surface area contributed by atoms with E-state index in [2.05, 4.69) is 0 Å². The number of carboxylic acids is 2. The van der Waals surface area contributed by atoms with Gasteiger partial charge in [0.15, 0.2) is 23.0 Å². The number of carboxylic acid groups (broad SMARTS) is 2. The maximum atomic E-state index is 12.1. The van der Waals surface area contributed by atoms with Gasteiger partial charge in [-0.15, -0.1) is 0 Å². The third kappa shape index (κ3) is 5.87. The van der Waals surface area contributed by atoms with Crippen LogP contribution in [-0.2, 0) is 22.4 Å². The van der Waals surface area contributed by atoms with Crippen LogP contribution in [0, 0.1) is 11.8 Å². The van der Waals surface area contributed by atoms with Crippen LogP contribution in [-0.4, -0.2) is 56.8 Å². The van der Waals surface area contributed by atoms with Gasteiger partial charge >= 0.3 is 11.9 Å². The molecule has 0 heterocycles. The predicted molar refractivity (Wildman–Crippen MR) is 112 cm³/mol. The summed E-state index contributed by atoms with van der Waals surface area (Å²) in [6, 6.07) is 5.32. The van der Waals surface area contributed by atoms with Gasteiger partial charge in [-0.1, -0.05) is 0 Å². The smallest absolute Gasteiger partial charge is 0.307 e. The summed E-state index contributed by atoms with van der Waals surface area (Å²) in [6.45, 7) is 0.